The number of benzene rings is 7. The van der Waals surface area contributed by atoms with Crippen LogP contribution in [-0.4, -0.2) is 79.5 Å². The van der Waals surface area contributed by atoms with Crippen molar-refractivity contribution in [3.8, 4) is 5.75 Å². The number of pyridine rings is 1. The van der Waals surface area contributed by atoms with E-state index in [1.165, 1.54) is 30.0 Å². The number of aryl methyl sites for hydroxylation is 3. The molecule has 13 nitrogen and oxygen atoms in total. The molecule has 1 aromatic heterocycles. The number of anilines is 1. The number of carboxylic acids is 1. The Kier molecular flexibility index (Phi) is 41.4. The number of fused-ring (bicyclic) bond motifs is 6. The zero-order valence-electron chi connectivity index (χ0n) is 51.2. The summed E-state index contributed by atoms with van der Waals surface area (Å²) < 4.78 is 4.58. The number of aromatic carboxylic acids is 1. The van der Waals surface area contributed by atoms with Gasteiger partial charge in [0.2, 0.25) is 5.24 Å². The summed E-state index contributed by atoms with van der Waals surface area (Å²) in [5.41, 5.74) is 11.4. The van der Waals surface area contributed by atoms with Gasteiger partial charge >= 0.3 is 68.5 Å². The molecule has 2 aliphatic carbocycles. The van der Waals surface area contributed by atoms with Crippen molar-refractivity contribution in [3.05, 3.63) is 245 Å². The number of carbonyl (C=O) groups is 7. The summed E-state index contributed by atoms with van der Waals surface area (Å²) in [5.74, 6) is -2.49. The molecule has 3 aliphatic rings. The molecular formula is C69H63Cl10N2NaO11Zn. The third-order valence-corrected chi connectivity index (χ3v) is 16.7. The van der Waals surface area contributed by atoms with Gasteiger partial charge in [0, 0.05) is 57.5 Å². The molecule has 2 heterocycles. The van der Waals surface area contributed by atoms with Gasteiger partial charge < -0.3 is 25.7 Å². The molecular weight excluding hydrogens is 1480 g/mol. The van der Waals surface area contributed by atoms with Gasteiger partial charge in [0.05, 0.1) is 34.2 Å². The molecule has 0 bridgehead atoms. The van der Waals surface area contributed by atoms with Crippen LogP contribution in [0.2, 0.25) is 25.1 Å². The minimum atomic E-state index is -1.15. The largest absolute Gasteiger partial charge is 1.00 e. The van der Waals surface area contributed by atoms with Crippen molar-refractivity contribution in [1.82, 2.24) is 4.98 Å². The molecule has 0 fully saturated rings. The minimum Gasteiger partial charge on any atom is -0.870 e. The molecule has 11 rings (SSSR count). The number of aromatic hydroxyl groups is 1. The van der Waals surface area contributed by atoms with Crippen LogP contribution in [0.1, 0.15) is 109 Å². The van der Waals surface area contributed by atoms with Crippen molar-refractivity contribution in [2.75, 3.05) is 23.7 Å². The molecule has 7 aromatic carbocycles. The molecule has 94 heavy (non-hydrogen) atoms. The van der Waals surface area contributed by atoms with Crippen molar-refractivity contribution in [3.63, 3.8) is 0 Å². The zero-order chi connectivity index (χ0) is 67.9. The van der Waals surface area contributed by atoms with Crippen LogP contribution in [0.4, 0.5) is 5.69 Å². The SMILES string of the molecule is CC(=O)OCC(=O)Cc1ccccc1Cl.ClCc1ccccc1Cl.O=C(CCl)Cc1ccccc1Cl.O=C(Cl)CCl.O=C(O)c1c(O)c(Cc2ccccc2Cl)nc2c3c(ccc12)CCCC3.O=C1Nc2c(ccc3c2CCCC3)C1=O.[CH2-]c1ccccc1Cl.[Cl][Zn+].[Na+].[OH-]. The van der Waals surface area contributed by atoms with E-state index in [0.29, 0.717) is 49.5 Å². The van der Waals surface area contributed by atoms with Crippen LogP contribution in [0, 0.1) is 6.92 Å². The number of carbonyl (C=O) groups excluding carboxylic acids is 6. The number of rotatable bonds is 12. The second-order valence-electron chi connectivity index (χ2n) is 20.1. The maximum Gasteiger partial charge on any atom is 1.00 e. The van der Waals surface area contributed by atoms with Crippen LogP contribution in [0.5, 0.6) is 5.75 Å². The number of halogens is 10. The summed E-state index contributed by atoms with van der Waals surface area (Å²) in [6.07, 6.45) is 9.25. The van der Waals surface area contributed by atoms with E-state index < -0.39 is 28.9 Å². The topological polar surface area (TPSA) is 224 Å². The number of alkyl halides is 3. The molecule has 8 aromatic rings. The number of nitrogens with one attached hydrogen (secondary N) is 1. The van der Waals surface area contributed by atoms with Crippen molar-refractivity contribution in [1.29, 1.82) is 0 Å². The van der Waals surface area contributed by atoms with Crippen molar-refractivity contribution < 1.29 is 101 Å². The minimum absolute atomic E-state index is 0. The van der Waals surface area contributed by atoms with Gasteiger partial charge in [-0.05, 0) is 138 Å². The van der Waals surface area contributed by atoms with Gasteiger partial charge in [-0.1, -0.05) is 148 Å². The van der Waals surface area contributed by atoms with E-state index in [2.05, 4.69) is 17.0 Å². The molecule has 0 radical (unpaired) electrons. The maximum atomic E-state index is 11.9. The van der Waals surface area contributed by atoms with Gasteiger partial charge in [-0.3, -0.25) is 28.8 Å². The first-order valence-electron chi connectivity index (χ1n) is 28.3. The van der Waals surface area contributed by atoms with Gasteiger partial charge in [0.25, 0.3) is 11.7 Å². The zero-order valence-corrected chi connectivity index (χ0v) is 63.7. The molecule has 0 atom stereocenters. The van der Waals surface area contributed by atoms with Crippen molar-refractivity contribution in [2.24, 2.45) is 0 Å². The van der Waals surface area contributed by atoms with Crippen LogP contribution in [-0.2, 0) is 96.8 Å². The number of hydrogen-bond donors (Lipinski definition) is 3. The molecule has 1 amide bonds. The quantitative estimate of drug-likeness (QED) is 0.0259. The van der Waals surface area contributed by atoms with Gasteiger partial charge in [-0.15, -0.1) is 46.9 Å². The Hall–Kier alpha value is -4.81. The second kappa shape index (κ2) is 45.7. The number of esters is 1. The number of Topliss-reactive ketones (excluding diaryl/α,β-unsaturated/α-hetero) is 3. The maximum absolute atomic E-state index is 11.9. The first-order chi connectivity index (χ1) is 44.1. The number of carboxylic acid groups (broad SMARTS) is 1. The predicted molar refractivity (Wildman–Crippen MR) is 371 cm³/mol. The Morgan fingerprint density at radius 1 is 0.596 bits per heavy atom. The number of hydrogen-bond acceptors (Lipinski definition) is 11. The van der Waals surface area contributed by atoms with Crippen LogP contribution < -0.4 is 34.9 Å². The van der Waals surface area contributed by atoms with E-state index in [9.17, 15) is 43.8 Å². The van der Waals surface area contributed by atoms with E-state index in [0.717, 1.165) is 111 Å². The Balaban J connectivity index is 0.000000390. The van der Waals surface area contributed by atoms with Crippen LogP contribution in [0.15, 0.2) is 146 Å². The third kappa shape index (κ3) is 27.6. The summed E-state index contributed by atoms with van der Waals surface area (Å²) in [5, 5.41) is 26.2. The number of ketones is 3. The van der Waals surface area contributed by atoms with E-state index in [1.807, 2.05) is 97.1 Å². The van der Waals surface area contributed by atoms with E-state index in [-0.39, 0.29) is 89.1 Å². The second-order valence-corrected chi connectivity index (χ2v) is 23.4. The Labute approximate surface area is 628 Å². The third-order valence-electron chi connectivity index (χ3n) is 13.7. The fraction of sp³-hybridized carbons (Fsp3) is 0.232. The predicted octanol–water partition coefficient (Wildman–Crippen LogP) is 15.3. The Bertz CT molecular complexity index is 3840. The normalized spacial score (nSPS) is 11.7. The molecule has 1 aliphatic heterocycles. The number of amides is 1. The first-order valence-corrected chi connectivity index (χ1v) is 36.1. The monoisotopic (exact) mass is 1530 g/mol. The Morgan fingerprint density at radius 2 is 1.03 bits per heavy atom. The molecule has 25 heteroatoms. The number of aromatic nitrogens is 1. The average molecular weight is 1540 g/mol. The fourth-order valence-corrected chi connectivity index (χ4v) is 10.6. The number of ether oxygens (including phenoxy) is 1. The molecule has 0 spiro atoms. The van der Waals surface area contributed by atoms with Gasteiger partial charge in [-0.25, -0.2) is 9.78 Å². The van der Waals surface area contributed by atoms with E-state index in [1.54, 1.807) is 48.5 Å². The van der Waals surface area contributed by atoms with Gasteiger partial charge in [0.15, 0.2) is 17.3 Å². The van der Waals surface area contributed by atoms with Crippen LogP contribution in [0.25, 0.3) is 10.9 Å². The summed E-state index contributed by atoms with van der Waals surface area (Å²) in [7, 11) is 4.76. The standard InChI is InChI=1S/C21H18ClNO3.C12H11NO2.C11H11ClO3.C9H8Cl2O.C7H6Cl2.C7H6Cl.C2H2Cl2O.ClH.Na.H2O.Zn/c22-16-8-4-2-6-13(16)11-17-20(24)18(21(25)26)15-10-9-12-5-1-3-7-14(12)19(15)23-17;14-11-9-6-5-7-3-1-2-4-8(7)10(9)13-12(11)15;1-8(13)15-7-10(14)6-9-4-2-3-5-11(9)12;10-6-8(12)5-7-3-1-2-4-9(7)11;8-5-6-3-1-2-4-7(6)9;1-6-4-2-3-5-7(6)8;3-1-2(4)5;;;;/h2,4,6,8-10,24H,1,3,5,7,11H2,(H,25,26);5-6H,1-4H2,(H,13,14,15);2-5H,6-7H2,1H3;1-4H,5-6H2;1-4H,5H2;2-5H,1H2;1H2;1H;;1H2;/q;;;;;-1;;;+1;;+2/p-2. The van der Waals surface area contributed by atoms with Crippen molar-refractivity contribution in [2.45, 2.75) is 83.4 Å². The summed E-state index contributed by atoms with van der Waals surface area (Å²) >= 11 is 50.6. The fourth-order valence-electron chi connectivity index (χ4n) is 9.31. The summed E-state index contributed by atoms with van der Waals surface area (Å²) in [6, 6.07) is 44.2. The van der Waals surface area contributed by atoms with E-state index in [4.69, 9.17) is 119 Å². The summed E-state index contributed by atoms with van der Waals surface area (Å²) in [6.45, 7) is 4.76. The Morgan fingerprint density at radius 3 is 1.47 bits per heavy atom. The molecule has 0 saturated carbocycles. The van der Waals surface area contributed by atoms with Crippen LogP contribution in [0.3, 0.4) is 0 Å². The summed E-state index contributed by atoms with van der Waals surface area (Å²) in [4.78, 5) is 81.5. The van der Waals surface area contributed by atoms with Gasteiger partial charge in [-0.2, -0.15) is 30.2 Å². The number of nitrogens with zero attached hydrogens (tertiary/aromatic N) is 1. The molecule has 0 unspecified atom stereocenters. The average Bonchev–Trinajstić information content (AvgIpc) is 0.935. The first kappa shape index (κ1) is 85.3. The van der Waals surface area contributed by atoms with Crippen LogP contribution >= 0.6 is 114 Å². The smallest absolute Gasteiger partial charge is 0.870 e. The molecule has 4 N–H and O–H groups in total. The van der Waals surface area contributed by atoms with E-state index >= 15 is 0 Å². The molecule has 0 saturated heterocycles. The van der Waals surface area contributed by atoms with Crippen molar-refractivity contribution >= 4 is 171 Å². The molecule has 488 valence electrons. The van der Waals surface area contributed by atoms with Gasteiger partial charge in [0.1, 0.15) is 12.2 Å².